The number of H-pyrrole nitrogens is 1. The van der Waals surface area contributed by atoms with E-state index in [0.29, 0.717) is 13.0 Å². The van der Waals surface area contributed by atoms with Crippen LogP contribution in [0.2, 0.25) is 0 Å². The molecule has 4 heterocycles. The van der Waals surface area contributed by atoms with Crippen molar-refractivity contribution in [3.63, 3.8) is 0 Å². The second kappa shape index (κ2) is 7.26. The molecule has 1 aromatic heterocycles. The van der Waals surface area contributed by atoms with Gasteiger partial charge in [0, 0.05) is 57.5 Å². The Morgan fingerprint density at radius 1 is 1.30 bits per heavy atom. The third-order valence-corrected chi connectivity index (χ3v) is 6.74. The van der Waals surface area contributed by atoms with Gasteiger partial charge in [-0.1, -0.05) is 0 Å². The van der Waals surface area contributed by atoms with E-state index < -0.39 is 5.60 Å². The summed E-state index contributed by atoms with van der Waals surface area (Å²) in [5, 5.41) is 0. The van der Waals surface area contributed by atoms with Crippen LogP contribution >= 0.6 is 0 Å². The summed E-state index contributed by atoms with van der Waals surface area (Å²) in [6, 6.07) is 0. The first-order chi connectivity index (χ1) is 13.0. The maximum absolute atomic E-state index is 12.9. The molecule has 4 rings (SSSR count). The number of nitrogens with zero attached hydrogens (tertiary/aromatic N) is 3. The minimum Gasteiger partial charge on any atom is -0.365 e. The average Bonchev–Trinajstić information content (AvgIpc) is 3.35. The smallest absolute Gasteiger partial charge is 0.254 e. The molecule has 7 heteroatoms. The van der Waals surface area contributed by atoms with Crippen molar-refractivity contribution in [1.29, 1.82) is 0 Å². The van der Waals surface area contributed by atoms with Gasteiger partial charge in [-0.3, -0.25) is 9.59 Å². The van der Waals surface area contributed by atoms with Crippen molar-refractivity contribution in [3.05, 3.63) is 18.2 Å². The number of imidazole rings is 1. The second-order valence-electron chi connectivity index (χ2n) is 8.62. The molecule has 1 aromatic rings. The number of amides is 2. The summed E-state index contributed by atoms with van der Waals surface area (Å²) in [6.07, 6.45) is 9.61. The zero-order valence-corrected chi connectivity index (χ0v) is 16.2. The quantitative estimate of drug-likeness (QED) is 0.871. The van der Waals surface area contributed by atoms with Crippen molar-refractivity contribution < 1.29 is 14.3 Å². The first kappa shape index (κ1) is 18.5. The molecule has 7 nitrogen and oxygen atoms in total. The summed E-state index contributed by atoms with van der Waals surface area (Å²) in [5.74, 6) is 0.406. The molecule has 0 saturated carbocycles. The van der Waals surface area contributed by atoms with E-state index >= 15 is 0 Å². The Kier molecular flexibility index (Phi) is 4.97. The Labute approximate surface area is 160 Å². The predicted octanol–water partition coefficient (Wildman–Crippen LogP) is 1.75. The van der Waals surface area contributed by atoms with Crippen LogP contribution in [0.25, 0.3) is 0 Å². The minimum atomic E-state index is -0.622. The number of likely N-dealkylation sites (tertiary alicyclic amines) is 2. The molecule has 0 radical (unpaired) electrons. The van der Waals surface area contributed by atoms with Gasteiger partial charge in [-0.05, 0) is 44.4 Å². The highest BCUT2D eigenvalue weighted by atomic mass is 16.5. The first-order valence-corrected chi connectivity index (χ1v) is 10.2. The van der Waals surface area contributed by atoms with E-state index in [0.717, 1.165) is 70.4 Å². The molecular formula is C20H30N4O3. The third kappa shape index (κ3) is 3.74. The molecule has 148 valence electrons. The van der Waals surface area contributed by atoms with Gasteiger partial charge >= 0.3 is 0 Å². The minimum absolute atomic E-state index is 0.151. The van der Waals surface area contributed by atoms with E-state index in [1.807, 2.05) is 22.9 Å². The summed E-state index contributed by atoms with van der Waals surface area (Å²) in [5.41, 5.74) is 0.604. The van der Waals surface area contributed by atoms with Gasteiger partial charge in [-0.2, -0.15) is 0 Å². The molecule has 3 fully saturated rings. The fourth-order valence-electron chi connectivity index (χ4n) is 4.86. The van der Waals surface area contributed by atoms with Gasteiger partial charge in [-0.25, -0.2) is 4.98 Å². The molecule has 0 bridgehead atoms. The van der Waals surface area contributed by atoms with Crippen molar-refractivity contribution in [3.8, 4) is 0 Å². The topological polar surface area (TPSA) is 78.5 Å². The van der Waals surface area contributed by atoms with Crippen LogP contribution in [0.5, 0.6) is 0 Å². The Morgan fingerprint density at radius 2 is 2.11 bits per heavy atom. The lowest BCUT2D eigenvalue weighted by atomic mass is 9.72. The zero-order chi connectivity index (χ0) is 18.9. The largest absolute Gasteiger partial charge is 0.365 e. The lowest BCUT2D eigenvalue weighted by Crippen LogP contribution is -2.55. The summed E-state index contributed by atoms with van der Waals surface area (Å²) in [7, 11) is 0. The number of rotatable bonds is 4. The number of piperidine rings is 2. The summed E-state index contributed by atoms with van der Waals surface area (Å²) in [4.78, 5) is 36.4. The Hall–Kier alpha value is -1.89. The predicted molar refractivity (Wildman–Crippen MR) is 99.9 cm³/mol. The van der Waals surface area contributed by atoms with Crippen LogP contribution in [0.3, 0.4) is 0 Å². The van der Waals surface area contributed by atoms with Crippen molar-refractivity contribution in [2.24, 2.45) is 5.41 Å². The zero-order valence-electron chi connectivity index (χ0n) is 16.2. The van der Waals surface area contributed by atoms with Gasteiger partial charge in [0.1, 0.15) is 5.60 Å². The van der Waals surface area contributed by atoms with Crippen LogP contribution in [-0.2, 0) is 20.7 Å². The molecule has 3 saturated heterocycles. The van der Waals surface area contributed by atoms with Crippen molar-refractivity contribution in [2.45, 2.75) is 57.5 Å². The molecule has 1 N–H and O–H groups in total. The third-order valence-electron chi connectivity index (χ3n) is 6.74. The van der Waals surface area contributed by atoms with Crippen LogP contribution in [0, 0.1) is 5.41 Å². The number of aromatic nitrogens is 2. The fraction of sp³-hybridized carbons (Fsp3) is 0.750. The number of nitrogens with one attached hydrogen (secondary N) is 1. The summed E-state index contributed by atoms with van der Waals surface area (Å²) in [6.45, 7) is 5.73. The van der Waals surface area contributed by atoms with Crippen LogP contribution in [-0.4, -0.2) is 70.0 Å². The molecule has 0 aromatic carbocycles. The maximum atomic E-state index is 12.9. The van der Waals surface area contributed by atoms with Crippen molar-refractivity contribution in [1.82, 2.24) is 19.8 Å². The van der Waals surface area contributed by atoms with E-state index in [2.05, 4.69) is 9.97 Å². The monoisotopic (exact) mass is 374 g/mol. The van der Waals surface area contributed by atoms with Gasteiger partial charge in [0.2, 0.25) is 5.91 Å². The van der Waals surface area contributed by atoms with Crippen LogP contribution in [0.4, 0.5) is 0 Å². The molecule has 0 aliphatic carbocycles. The summed E-state index contributed by atoms with van der Waals surface area (Å²) >= 11 is 0. The van der Waals surface area contributed by atoms with Crippen molar-refractivity contribution >= 4 is 11.8 Å². The van der Waals surface area contributed by atoms with Gasteiger partial charge in [0.05, 0.1) is 6.33 Å². The van der Waals surface area contributed by atoms with Crippen LogP contribution in [0.15, 0.2) is 12.5 Å². The number of aromatic amines is 1. The van der Waals surface area contributed by atoms with E-state index in [9.17, 15) is 9.59 Å². The molecule has 1 atom stereocenters. The molecule has 3 aliphatic rings. The highest BCUT2D eigenvalue weighted by molar-refractivity contribution is 5.85. The molecule has 27 heavy (non-hydrogen) atoms. The SMILES string of the molecule is CC1(C(=O)N2CCC3(CCC(=O)N(CCc4cnc[nH]4)C3)CC2)CCCO1. The van der Waals surface area contributed by atoms with E-state index in [4.69, 9.17) is 4.74 Å². The molecular weight excluding hydrogens is 344 g/mol. The van der Waals surface area contributed by atoms with Crippen molar-refractivity contribution in [2.75, 3.05) is 32.8 Å². The maximum Gasteiger partial charge on any atom is 0.254 e. The van der Waals surface area contributed by atoms with Gasteiger partial charge < -0.3 is 19.5 Å². The number of carbonyl (C=O) groups excluding carboxylic acids is 2. The molecule has 2 amide bonds. The Morgan fingerprint density at radius 3 is 2.78 bits per heavy atom. The Balaban J connectivity index is 1.34. The average molecular weight is 374 g/mol. The normalized spacial score (nSPS) is 28.1. The highest BCUT2D eigenvalue weighted by Gasteiger charge is 2.45. The van der Waals surface area contributed by atoms with Gasteiger partial charge in [0.15, 0.2) is 0 Å². The lowest BCUT2D eigenvalue weighted by Gasteiger charge is -2.48. The molecule has 1 unspecified atom stereocenters. The standard InChI is InChI=1S/C20H30N4O3/c1-19(5-2-12-27-19)18(26)23-10-7-20(8-11-23)6-3-17(25)24(14-20)9-4-16-13-21-15-22-16/h13,15H,2-12,14H2,1H3,(H,21,22). The summed E-state index contributed by atoms with van der Waals surface area (Å²) < 4.78 is 5.74. The molecule has 3 aliphatic heterocycles. The Bertz CT molecular complexity index is 673. The van der Waals surface area contributed by atoms with Gasteiger partial charge in [0.25, 0.3) is 5.91 Å². The first-order valence-electron chi connectivity index (χ1n) is 10.2. The van der Waals surface area contributed by atoms with Gasteiger partial charge in [-0.15, -0.1) is 0 Å². The number of hydrogen-bond donors (Lipinski definition) is 1. The van der Waals surface area contributed by atoms with Crippen LogP contribution in [0.1, 0.15) is 51.1 Å². The number of ether oxygens (including phenoxy) is 1. The number of hydrogen-bond acceptors (Lipinski definition) is 4. The van der Waals surface area contributed by atoms with Crippen LogP contribution < -0.4 is 0 Å². The fourth-order valence-corrected chi connectivity index (χ4v) is 4.86. The second-order valence-corrected chi connectivity index (χ2v) is 8.62. The lowest BCUT2D eigenvalue weighted by molar-refractivity contribution is -0.155. The van der Waals surface area contributed by atoms with E-state index in [-0.39, 0.29) is 17.2 Å². The highest BCUT2D eigenvalue weighted by Crippen LogP contribution is 2.41. The van der Waals surface area contributed by atoms with E-state index in [1.54, 1.807) is 6.33 Å². The number of carbonyl (C=O) groups is 2. The molecule has 1 spiro atoms. The van der Waals surface area contributed by atoms with E-state index in [1.165, 1.54) is 0 Å².